The first-order valence-corrected chi connectivity index (χ1v) is 11.0. The molecule has 6 nitrogen and oxygen atoms in total. The minimum Gasteiger partial charge on any atom is -0.396 e. The van der Waals surface area contributed by atoms with E-state index in [1.165, 1.54) is 51.4 Å². The molecule has 0 radical (unpaired) electrons. The summed E-state index contributed by atoms with van der Waals surface area (Å²) in [6.07, 6.45) is 13.2. The molecule has 1 aromatic heterocycles. The van der Waals surface area contributed by atoms with Gasteiger partial charge in [-0.3, -0.25) is 4.90 Å². The lowest BCUT2D eigenvalue weighted by atomic mass is 9.92. The van der Waals surface area contributed by atoms with Gasteiger partial charge < -0.3 is 14.9 Å². The fourth-order valence-corrected chi connectivity index (χ4v) is 5.18. The third kappa shape index (κ3) is 4.54. The largest absolute Gasteiger partial charge is 0.396 e. The standard InChI is InChI=1S/C21H35N5O/c27-14-9-19-16-25(12-13-26(19)18-7-3-1-4-8-18)21-15-20(22-17-23-21)24-10-5-2-6-11-24/h15,17-19,27H,1-14,16H2/t19-/m1/s1. The minimum absolute atomic E-state index is 0.268. The number of anilines is 2. The first kappa shape index (κ1) is 18.9. The van der Waals surface area contributed by atoms with Gasteiger partial charge in [0, 0.05) is 57.5 Å². The van der Waals surface area contributed by atoms with Crippen LogP contribution in [0.3, 0.4) is 0 Å². The van der Waals surface area contributed by atoms with Gasteiger partial charge in [-0.05, 0) is 38.5 Å². The summed E-state index contributed by atoms with van der Waals surface area (Å²) in [6.45, 7) is 5.56. The molecule has 2 aliphatic heterocycles. The number of hydrogen-bond donors (Lipinski definition) is 1. The summed E-state index contributed by atoms with van der Waals surface area (Å²) >= 11 is 0. The maximum absolute atomic E-state index is 9.63. The van der Waals surface area contributed by atoms with Crippen LogP contribution in [0.2, 0.25) is 0 Å². The number of nitrogens with zero attached hydrogens (tertiary/aromatic N) is 5. The van der Waals surface area contributed by atoms with Crippen LogP contribution in [0.4, 0.5) is 11.6 Å². The van der Waals surface area contributed by atoms with Crippen LogP contribution >= 0.6 is 0 Å². The number of aromatic nitrogens is 2. The van der Waals surface area contributed by atoms with Crippen molar-refractivity contribution in [1.82, 2.24) is 14.9 Å². The van der Waals surface area contributed by atoms with E-state index in [2.05, 4.69) is 30.7 Å². The van der Waals surface area contributed by atoms with Gasteiger partial charge in [-0.25, -0.2) is 9.97 Å². The van der Waals surface area contributed by atoms with E-state index in [1.54, 1.807) is 6.33 Å². The van der Waals surface area contributed by atoms with Crippen molar-refractivity contribution in [2.75, 3.05) is 49.1 Å². The molecule has 0 amide bonds. The quantitative estimate of drug-likeness (QED) is 0.856. The molecule has 6 heteroatoms. The number of piperidine rings is 1. The maximum atomic E-state index is 9.63. The first-order valence-electron chi connectivity index (χ1n) is 11.0. The average molecular weight is 374 g/mol. The summed E-state index contributed by atoms with van der Waals surface area (Å²) in [4.78, 5) is 16.6. The monoisotopic (exact) mass is 373 g/mol. The Balaban J connectivity index is 1.45. The Morgan fingerprint density at radius 3 is 2.30 bits per heavy atom. The van der Waals surface area contributed by atoms with E-state index in [1.807, 2.05) is 0 Å². The molecule has 0 bridgehead atoms. The number of piperazine rings is 1. The normalized spacial score (nSPS) is 25.7. The average Bonchev–Trinajstić information content (AvgIpc) is 2.75. The van der Waals surface area contributed by atoms with Crippen molar-refractivity contribution >= 4 is 11.6 Å². The summed E-state index contributed by atoms with van der Waals surface area (Å²) in [5.41, 5.74) is 0. The molecular weight excluding hydrogens is 338 g/mol. The molecule has 1 aliphatic carbocycles. The number of aliphatic hydroxyl groups is 1. The van der Waals surface area contributed by atoms with Crippen molar-refractivity contribution in [3.8, 4) is 0 Å². The van der Waals surface area contributed by atoms with Gasteiger partial charge in [0.1, 0.15) is 18.0 Å². The van der Waals surface area contributed by atoms with Crippen LogP contribution in [0.5, 0.6) is 0 Å². The van der Waals surface area contributed by atoms with E-state index in [0.717, 1.165) is 50.8 Å². The van der Waals surface area contributed by atoms with E-state index < -0.39 is 0 Å². The van der Waals surface area contributed by atoms with Gasteiger partial charge in [-0.2, -0.15) is 0 Å². The molecular formula is C21H35N5O. The summed E-state index contributed by atoms with van der Waals surface area (Å²) in [5, 5.41) is 9.63. The van der Waals surface area contributed by atoms with Gasteiger partial charge in [-0.15, -0.1) is 0 Å². The van der Waals surface area contributed by atoms with Crippen LogP contribution in [-0.2, 0) is 0 Å². The lowest BCUT2D eigenvalue weighted by molar-refractivity contribution is 0.0756. The number of rotatable bonds is 5. The van der Waals surface area contributed by atoms with E-state index in [0.29, 0.717) is 12.1 Å². The predicted molar refractivity (Wildman–Crippen MR) is 109 cm³/mol. The Morgan fingerprint density at radius 2 is 1.56 bits per heavy atom. The minimum atomic E-state index is 0.268. The SMILES string of the molecule is OCC[C@@H]1CN(c2cc(N3CCCCC3)ncn2)CCN1C1CCCCC1. The maximum Gasteiger partial charge on any atom is 0.134 e. The molecule has 1 aromatic rings. The van der Waals surface area contributed by atoms with Gasteiger partial charge in [0.15, 0.2) is 0 Å². The van der Waals surface area contributed by atoms with Crippen LogP contribution in [0, 0.1) is 0 Å². The van der Waals surface area contributed by atoms with Gasteiger partial charge >= 0.3 is 0 Å². The molecule has 4 rings (SSSR count). The molecule has 0 aromatic carbocycles. The zero-order chi connectivity index (χ0) is 18.5. The molecule has 1 saturated carbocycles. The predicted octanol–water partition coefficient (Wildman–Crippen LogP) is 2.67. The van der Waals surface area contributed by atoms with Crippen LogP contribution in [-0.4, -0.2) is 71.4 Å². The molecule has 3 fully saturated rings. The van der Waals surface area contributed by atoms with Gasteiger partial charge in [0.05, 0.1) is 0 Å². The van der Waals surface area contributed by atoms with Gasteiger partial charge in [0.2, 0.25) is 0 Å². The number of hydrogen-bond acceptors (Lipinski definition) is 6. The Hall–Kier alpha value is -1.40. The molecule has 1 atom stereocenters. The summed E-state index contributed by atoms with van der Waals surface area (Å²) in [6, 6.07) is 3.32. The highest BCUT2D eigenvalue weighted by Gasteiger charge is 2.33. The zero-order valence-electron chi connectivity index (χ0n) is 16.6. The summed E-state index contributed by atoms with van der Waals surface area (Å²) in [5.74, 6) is 2.13. The van der Waals surface area contributed by atoms with Crippen molar-refractivity contribution in [3.05, 3.63) is 12.4 Å². The topological polar surface area (TPSA) is 55.7 Å². The second-order valence-corrected chi connectivity index (χ2v) is 8.42. The van der Waals surface area contributed by atoms with Crippen molar-refractivity contribution in [1.29, 1.82) is 0 Å². The van der Waals surface area contributed by atoms with Crippen LogP contribution in [0.15, 0.2) is 12.4 Å². The van der Waals surface area contributed by atoms with Gasteiger partial charge in [-0.1, -0.05) is 19.3 Å². The molecule has 3 aliphatic rings. The van der Waals surface area contributed by atoms with E-state index in [4.69, 9.17) is 0 Å². The molecule has 2 saturated heterocycles. The summed E-state index contributed by atoms with van der Waals surface area (Å²) < 4.78 is 0. The Labute approximate surface area is 163 Å². The van der Waals surface area contributed by atoms with E-state index in [-0.39, 0.29) is 6.61 Å². The fraction of sp³-hybridized carbons (Fsp3) is 0.810. The highest BCUT2D eigenvalue weighted by Crippen LogP contribution is 2.29. The smallest absolute Gasteiger partial charge is 0.134 e. The third-order valence-corrected chi connectivity index (χ3v) is 6.68. The first-order chi connectivity index (χ1) is 13.3. The van der Waals surface area contributed by atoms with E-state index in [9.17, 15) is 5.11 Å². The highest BCUT2D eigenvalue weighted by atomic mass is 16.3. The lowest BCUT2D eigenvalue weighted by Gasteiger charge is -2.46. The van der Waals surface area contributed by atoms with Crippen LogP contribution < -0.4 is 9.80 Å². The molecule has 0 unspecified atom stereocenters. The Bertz CT molecular complexity index is 586. The second-order valence-electron chi connectivity index (χ2n) is 8.42. The highest BCUT2D eigenvalue weighted by molar-refractivity contribution is 5.50. The zero-order valence-corrected chi connectivity index (χ0v) is 16.6. The van der Waals surface area contributed by atoms with Crippen molar-refractivity contribution < 1.29 is 5.11 Å². The van der Waals surface area contributed by atoms with E-state index >= 15 is 0 Å². The lowest BCUT2D eigenvalue weighted by Crippen LogP contribution is -2.57. The third-order valence-electron chi connectivity index (χ3n) is 6.68. The molecule has 1 N–H and O–H groups in total. The fourth-order valence-electron chi connectivity index (χ4n) is 5.18. The Kier molecular flexibility index (Phi) is 6.45. The molecule has 3 heterocycles. The summed E-state index contributed by atoms with van der Waals surface area (Å²) in [7, 11) is 0. The molecule has 0 spiro atoms. The number of aliphatic hydroxyl groups excluding tert-OH is 1. The molecule has 27 heavy (non-hydrogen) atoms. The second kappa shape index (κ2) is 9.20. The van der Waals surface area contributed by atoms with Crippen molar-refractivity contribution in [2.24, 2.45) is 0 Å². The van der Waals surface area contributed by atoms with Gasteiger partial charge in [0.25, 0.3) is 0 Å². The molecule has 150 valence electrons. The Morgan fingerprint density at radius 1 is 0.852 bits per heavy atom. The van der Waals surface area contributed by atoms with Crippen molar-refractivity contribution in [3.63, 3.8) is 0 Å². The van der Waals surface area contributed by atoms with Crippen molar-refractivity contribution in [2.45, 2.75) is 69.9 Å². The van der Waals surface area contributed by atoms with Crippen LogP contribution in [0.1, 0.15) is 57.8 Å². The van der Waals surface area contributed by atoms with Crippen LogP contribution in [0.25, 0.3) is 0 Å².